The number of nitrogens with one attached hydrogen (secondary N) is 1. The van der Waals surface area contributed by atoms with Gasteiger partial charge in [-0.05, 0) is 25.1 Å². The van der Waals surface area contributed by atoms with Crippen LogP contribution in [0, 0.1) is 0 Å². The number of ether oxygens (including phenoxy) is 1. The minimum atomic E-state index is 0.173. The van der Waals surface area contributed by atoms with Crippen molar-refractivity contribution in [2.24, 2.45) is 0 Å². The predicted octanol–water partition coefficient (Wildman–Crippen LogP) is 2.30. The Morgan fingerprint density at radius 1 is 1.30 bits per heavy atom. The maximum Gasteiger partial charge on any atom is 0.222 e. The zero-order valence-electron chi connectivity index (χ0n) is 12.8. The SMILES string of the molecule is CC(C)NCCCC(=O)N(C)CCOc1ccccc1. The van der Waals surface area contributed by atoms with Gasteiger partial charge in [-0.15, -0.1) is 0 Å². The van der Waals surface area contributed by atoms with Gasteiger partial charge in [-0.1, -0.05) is 32.0 Å². The molecule has 0 radical (unpaired) electrons. The van der Waals surface area contributed by atoms with Gasteiger partial charge < -0.3 is 15.0 Å². The molecule has 0 spiro atoms. The Morgan fingerprint density at radius 2 is 2.00 bits per heavy atom. The summed E-state index contributed by atoms with van der Waals surface area (Å²) in [6.07, 6.45) is 1.46. The summed E-state index contributed by atoms with van der Waals surface area (Å²) in [7, 11) is 1.83. The van der Waals surface area contributed by atoms with Crippen LogP contribution in [0.5, 0.6) is 5.75 Å². The second-order valence-corrected chi connectivity index (χ2v) is 5.19. The van der Waals surface area contributed by atoms with Crippen molar-refractivity contribution in [1.29, 1.82) is 0 Å². The molecule has 0 aliphatic heterocycles. The molecule has 0 atom stereocenters. The molecule has 0 aliphatic carbocycles. The fourth-order valence-corrected chi connectivity index (χ4v) is 1.76. The molecule has 0 heterocycles. The first kappa shape index (κ1) is 16.5. The molecule has 0 aliphatic rings. The van der Waals surface area contributed by atoms with E-state index in [0.29, 0.717) is 25.6 Å². The van der Waals surface area contributed by atoms with Gasteiger partial charge in [0, 0.05) is 19.5 Å². The van der Waals surface area contributed by atoms with Crippen LogP contribution in [0.15, 0.2) is 30.3 Å². The largest absolute Gasteiger partial charge is 0.492 e. The number of amides is 1. The highest BCUT2D eigenvalue weighted by Gasteiger charge is 2.08. The molecule has 4 heteroatoms. The van der Waals surface area contributed by atoms with Gasteiger partial charge in [0.15, 0.2) is 0 Å². The van der Waals surface area contributed by atoms with Gasteiger partial charge in [0.2, 0.25) is 5.91 Å². The molecule has 20 heavy (non-hydrogen) atoms. The van der Waals surface area contributed by atoms with Gasteiger partial charge in [0.25, 0.3) is 0 Å². The molecule has 4 nitrogen and oxygen atoms in total. The standard InChI is InChI=1S/C16H26N2O2/c1-14(2)17-11-7-10-16(19)18(3)12-13-20-15-8-5-4-6-9-15/h4-6,8-9,14,17H,7,10-13H2,1-3H3. The van der Waals surface area contributed by atoms with Crippen LogP contribution < -0.4 is 10.1 Å². The molecule has 0 aromatic heterocycles. The van der Waals surface area contributed by atoms with Crippen LogP contribution in [0.4, 0.5) is 0 Å². The van der Waals surface area contributed by atoms with E-state index in [9.17, 15) is 4.79 Å². The van der Waals surface area contributed by atoms with Crippen molar-refractivity contribution in [3.63, 3.8) is 0 Å². The quantitative estimate of drug-likeness (QED) is 0.705. The Labute approximate surface area is 122 Å². The molecule has 112 valence electrons. The van der Waals surface area contributed by atoms with E-state index in [0.717, 1.165) is 18.7 Å². The highest BCUT2D eigenvalue weighted by atomic mass is 16.5. The smallest absolute Gasteiger partial charge is 0.222 e. The van der Waals surface area contributed by atoms with E-state index in [1.165, 1.54) is 0 Å². The summed E-state index contributed by atoms with van der Waals surface area (Å²) in [4.78, 5) is 13.6. The van der Waals surface area contributed by atoms with Gasteiger partial charge in [-0.3, -0.25) is 4.79 Å². The molecule has 1 rings (SSSR count). The van der Waals surface area contributed by atoms with Gasteiger partial charge in [-0.2, -0.15) is 0 Å². The molecule has 1 aromatic carbocycles. The van der Waals surface area contributed by atoms with Crippen LogP contribution in [0.1, 0.15) is 26.7 Å². The summed E-state index contributed by atoms with van der Waals surface area (Å²) in [5.74, 6) is 1.02. The Morgan fingerprint density at radius 3 is 2.65 bits per heavy atom. The van der Waals surface area contributed by atoms with Crippen LogP contribution >= 0.6 is 0 Å². The maximum atomic E-state index is 11.9. The van der Waals surface area contributed by atoms with Crippen molar-refractivity contribution in [3.8, 4) is 5.75 Å². The van der Waals surface area contributed by atoms with Gasteiger partial charge in [0.05, 0.1) is 6.54 Å². The Bertz CT molecular complexity index is 379. The van der Waals surface area contributed by atoms with Crippen LogP contribution in [-0.4, -0.2) is 43.6 Å². The van der Waals surface area contributed by atoms with Crippen LogP contribution in [-0.2, 0) is 4.79 Å². The summed E-state index contributed by atoms with van der Waals surface area (Å²) in [5, 5.41) is 3.31. The fourth-order valence-electron chi connectivity index (χ4n) is 1.76. The van der Waals surface area contributed by atoms with Gasteiger partial charge >= 0.3 is 0 Å². The number of nitrogens with zero attached hydrogens (tertiary/aromatic N) is 1. The lowest BCUT2D eigenvalue weighted by Gasteiger charge is -2.17. The van der Waals surface area contributed by atoms with Crippen molar-refractivity contribution in [3.05, 3.63) is 30.3 Å². The minimum Gasteiger partial charge on any atom is -0.492 e. The van der Waals surface area contributed by atoms with Gasteiger partial charge in [-0.25, -0.2) is 0 Å². The Balaban J connectivity index is 2.12. The molecule has 0 saturated heterocycles. The third-order valence-electron chi connectivity index (χ3n) is 2.98. The molecule has 0 unspecified atom stereocenters. The molecule has 1 aromatic rings. The number of rotatable bonds is 9. The summed E-state index contributed by atoms with van der Waals surface area (Å²) in [5.41, 5.74) is 0. The number of carbonyl (C=O) groups excluding carboxylic acids is 1. The minimum absolute atomic E-state index is 0.173. The molecule has 1 N–H and O–H groups in total. The van der Waals surface area contributed by atoms with E-state index in [4.69, 9.17) is 4.74 Å². The zero-order chi connectivity index (χ0) is 14.8. The van der Waals surface area contributed by atoms with Crippen LogP contribution in [0.3, 0.4) is 0 Å². The topological polar surface area (TPSA) is 41.6 Å². The van der Waals surface area contributed by atoms with E-state index in [2.05, 4.69) is 19.2 Å². The number of hydrogen-bond donors (Lipinski definition) is 1. The van der Waals surface area contributed by atoms with E-state index in [-0.39, 0.29) is 5.91 Å². The average molecular weight is 278 g/mol. The first-order valence-electron chi connectivity index (χ1n) is 7.25. The lowest BCUT2D eigenvalue weighted by atomic mass is 10.2. The number of para-hydroxylation sites is 1. The first-order valence-corrected chi connectivity index (χ1v) is 7.25. The van der Waals surface area contributed by atoms with E-state index in [1.54, 1.807) is 4.90 Å². The van der Waals surface area contributed by atoms with Crippen molar-refractivity contribution in [2.75, 3.05) is 26.7 Å². The summed E-state index contributed by atoms with van der Waals surface area (Å²) in [6.45, 7) is 6.24. The third kappa shape index (κ3) is 7.14. The van der Waals surface area contributed by atoms with Crippen molar-refractivity contribution >= 4 is 5.91 Å². The summed E-state index contributed by atoms with van der Waals surface area (Å²) in [6, 6.07) is 10.1. The summed E-state index contributed by atoms with van der Waals surface area (Å²) >= 11 is 0. The molecular formula is C16H26N2O2. The van der Waals surface area contributed by atoms with Crippen LogP contribution in [0.25, 0.3) is 0 Å². The van der Waals surface area contributed by atoms with Crippen molar-refractivity contribution in [1.82, 2.24) is 10.2 Å². The number of hydrogen-bond acceptors (Lipinski definition) is 3. The molecular weight excluding hydrogens is 252 g/mol. The first-order chi connectivity index (χ1) is 9.59. The zero-order valence-corrected chi connectivity index (χ0v) is 12.8. The van der Waals surface area contributed by atoms with E-state index < -0.39 is 0 Å². The Kier molecular flexibility index (Phi) is 7.73. The normalized spacial score (nSPS) is 10.6. The van der Waals surface area contributed by atoms with E-state index in [1.807, 2.05) is 37.4 Å². The van der Waals surface area contributed by atoms with Crippen molar-refractivity contribution in [2.45, 2.75) is 32.7 Å². The fraction of sp³-hybridized carbons (Fsp3) is 0.562. The molecule has 0 bridgehead atoms. The molecule has 0 fully saturated rings. The van der Waals surface area contributed by atoms with E-state index >= 15 is 0 Å². The van der Waals surface area contributed by atoms with Crippen molar-refractivity contribution < 1.29 is 9.53 Å². The second-order valence-electron chi connectivity index (χ2n) is 5.19. The molecule has 0 saturated carbocycles. The highest BCUT2D eigenvalue weighted by molar-refractivity contribution is 5.75. The number of likely N-dealkylation sites (N-methyl/N-ethyl adjacent to an activating group) is 1. The van der Waals surface area contributed by atoms with Gasteiger partial charge in [0.1, 0.15) is 12.4 Å². The third-order valence-corrected chi connectivity index (χ3v) is 2.98. The number of benzene rings is 1. The Hall–Kier alpha value is -1.55. The highest BCUT2D eigenvalue weighted by Crippen LogP contribution is 2.07. The second kappa shape index (κ2) is 9.37. The maximum absolute atomic E-state index is 11.9. The average Bonchev–Trinajstić information content (AvgIpc) is 2.44. The number of carbonyl (C=O) groups is 1. The molecule has 1 amide bonds. The predicted molar refractivity (Wildman–Crippen MR) is 81.9 cm³/mol. The monoisotopic (exact) mass is 278 g/mol. The van der Waals surface area contributed by atoms with Crippen LogP contribution in [0.2, 0.25) is 0 Å². The lowest BCUT2D eigenvalue weighted by Crippen LogP contribution is -2.31. The summed E-state index contributed by atoms with van der Waals surface area (Å²) < 4.78 is 5.58. The lowest BCUT2D eigenvalue weighted by molar-refractivity contribution is -0.130.